The van der Waals surface area contributed by atoms with Crippen LogP contribution in [0.3, 0.4) is 0 Å². The first-order valence-electron chi connectivity index (χ1n) is 7.15. The number of carbonyl (C=O) groups excluding carboxylic acids is 1. The van der Waals surface area contributed by atoms with Crippen molar-refractivity contribution < 1.29 is 4.79 Å². The van der Waals surface area contributed by atoms with E-state index in [-0.39, 0.29) is 18.0 Å². The Kier molecular flexibility index (Phi) is 6.57. The highest BCUT2D eigenvalue weighted by Gasteiger charge is 2.21. The van der Waals surface area contributed by atoms with Crippen molar-refractivity contribution >= 4 is 5.91 Å². The van der Waals surface area contributed by atoms with Gasteiger partial charge in [-0.15, -0.1) is 0 Å². The molecule has 0 radical (unpaired) electrons. The molecule has 0 heterocycles. The topological polar surface area (TPSA) is 41.1 Å². The molecular formula is C16H26N2O. The van der Waals surface area contributed by atoms with Crippen molar-refractivity contribution in [1.82, 2.24) is 10.6 Å². The number of rotatable bonds is 7. The quantitative estimate of drug-likeness (QED) is 0.793. The molecule has 1 rings (SSSR count). The zero-order valence-electron chi connectivity index (χ0n) is 12.4. The number of carbonyl (C=O) groups is 1. The lowest BCUT2D eigenvalue weighted by atomic mass is 9.95. The molecule has 0 aliphatic heterocycles. The molecule has 0 aliphatic rings. The summed E-state index contributed by atoms with van der Waals surface area (Å²) < 4.78 is 0. The highest BCUT2D eigenvalue weighted by atomic mass is 16.2. The second-order valence-corrected chi connectivity index (χ2v) is 5.31. The fourth-order valence-corrected chi connectivity index (χ4v) is 2.08. The van der Waals surface area contributed by atoms with Crippen LogP contribution in [0.2, 0.25) is 0 Å². The second kappa shape index (κ2) is 7.95. The Morgan fingerprint density at radius 2 is 1.79 bits per heavy atom. The summed E-state index contributed by atoms with van der Waals surface area (Å²) in [5, 5.41) is 6.36. The average molecular weight is 262 g/mol. The molecule has 0 bridgehead atoms. The van der Waals surface area contributed by atoms with Crippen molar-refractivity contribution in [3.63, 3.8) is 0 Å². The molecule has 2 unspecified atom stereocenters. The number of hydrogen-bond acceptors (Lipinski definition) is 2. The summed E-state index contributed by atoms with van der Waals surface area (Å²) in [5.41, 5.74) is 1.23. The number of benzene rings is 1. The van der Waals surface area contributed by atoms with Crippen LogP contribution < -0.4 is 10.6 Å². The highest BCUT2D eigenvalue weighted by molar-refractivity contribution is 5.81. The summed E-state index contributed by atoms with van der Waals surface area (Å²) in [4.78, 5) is 11.9. The maximum Gasteiger partial charge on any atom is 0.236 e. The standard InChI is InChI=1S/C16H26N2O/c1-5-11-17-16(19)13(4)18-15(12(2)3)14-9-7-6-8-10-14/h6-10,12-13,15,18H,5,11H2,1-4H3,(H,17,19). The van der Waals surface area contributed by atoms with E-state index in [0.29, 0.717) is 5.92 Å². The Balaban J connectivity index is 2.67. The van der Waals surface area contributed by atoms with E-state index in [0.717, 1.165) is 13.0 Å². The van der Waals surface area contributed by atoms with Gasteiger partial charge in [0.25, 0.3) is 0 Å². The summed E-state index contributed by atoms with van der Waals surface area (Å²) in [7, 11) is 0. The Labute approximate surface area is 116 Å². The average Bonchev–Trinajstić information content (AvgIpc) is 2.42. The first-order valence-corrected chi connectivity index (χ1v) is 7.15. The van der Waals surface area contributed by atoms with Crippen LogP contribution in [-0.4, -0.2) is 18.5 Å². The normalized spacial score (nSPS) is 14.2. The molecule has 2 atom stereocenters. The van der Waals surface area contributed by atoms with Crippen LogP contribution in [0.1, 0.15) is 45.7 Å². The zero-order valence-corrected chi connectivity index (χ0v) is 12.4. The Morgan fingerprint density at radius 1 is 1.16 bits per heavy atom. The van der Waals surface area contributed by atoms with Gasteiger partial charge in [0.2, 0.25) is 5.91 Å². The molecule has 1 aromatic rings. The molecule has 0 aromatic heterocycles. The first-order chi connectivity index (χ1) is 9.06. The molecule has 19 heavy (non-hydrogen) atoms. The molecule has 2 N–H and O–H groups in total. The van der Waals surface area contributed by atoms with Crippen LogP contribution in [-0.2, 0) is 4.79 Å². The van der Waals surface area contributed by atoms with Crippen molar-refractivity contribution in [2.75, 3.05) is 6.54 Å². The minimum absolute atomic E-state index is 0.0726. The lowest BCUT2D eigenvalue weighted by Crippen LogP contribution is -2.45. The van der Waals surface area contributed by atoms with E-state index < -0.39 is 0 Å². The van der Waals surface area contributed by atoms with Gasteiger partial charge < -0.3 is 5.32 Å². The Morgan fingerprint density at radius 3 is 2.32 bits per heavy atom. The van der Waals surface area contributed by atoms with Gasteiger partial charge in [-0.2, -0.15) is 0 Å². The Bertz CT molecular complexity index is 376. The van der Waals surface area contributed by atoms with Gasteiger partial charge in [-0.05, 0) is 24.8 Å². The summed E-state index contributed by atoms with van der Waals surface area (Å²) in [5.74, 6) is 0.507. The molecule has 1 amide bonds. The fourth-order valence-electron chi connectivity index (χ4n) is 2.08. The molecule has 0 aliphatic carbocycles. The number of nitrogens with one attached hydrogen (secondary N) is 2. The molecule has 1 aromatic carbocycles. The van der Waals surface area contributed by atoms with Gasteiger partial charge in [0.05, 0.1) is 6.04 Å². The molecular weight excluding hydrogens is 236 g/mol. The lowest BCUT2D eigenvalue weighted by molar-refractivity contribution is -0.123. The number of amides is 1. The van der Waals surface area contributed by atoms with E-state index in [4.69, 9.17) is 0 Å². The maximum absolute atomic E-state index is 11.9. The van der Waals surface area contributed by atoms with Crippen molar-refractivity contribution in [3.05, 3.63) is 35.9 Å². The van der Waals surface area contributed by atoms with E-state index in [1.54, 1.807) is 0 Å². The summed E-state index contributed by atoms with van der Waals surface area (Å²) in [6.45, 7) is 9.05. The van der Waals surface area contributed by atoms with E-state index >= 15 is 0 Å². The van der Waals surface area contributed by atoms with Gasteiger partial charge in [-0.25, -0.2) is 0 Å². The predicted octanol–water partition coefficient (Wildman–Crippen LogP) is 2.89. The van der Waals surface area contributed by atoms with Gasteiger partial charge >= 0.3 is 0 Å². The van der Waals surface area contributed by atoms with Crippen molar-refractivity contribution in [2.24, 2.45) is 5.92 Å². The molecule has 3 nitrogen and oxygen atoms in total. The monoisotopic (exact) mass is 262 g/mol. The lowest BCUT2D eigenvalue weighted by Gasteiger charge is -2.26. The minimum atomic E-state index is -0.181. The van der Waals surface area contributed by atoms with E-state index in [1.165, 1.54) is 5.56 Å². The molecule has 3 heteroatoms. The second-order valence-electron chi connectivity index (χ2n) is 5.31. The van der Waals surface area contributed by atoms with Crippen molar-refractivity contribution in [1.29, 1.82) is 0 Å². The van der Waals surface area contributed by atoms with Gasteiger partial charge in [-0.3, -0.25) is 10.1 Å². The zero-order chi connectivity index (χ0) is 14.3. The third kappa shape index (κ3) is 5.03. The summed E-state index contributed by atoms with van der Waals surface area (Å²) in [6, 6.07) is 10.3. The molecule has 0 saturated heterocycles. The number of hydrogen-bond donors (Lipinski definition) is 2. The largest absolute Gasteiger partial charge is 0.355 e. The molecule has 0 fully saturated rings. The van der Waals surface area contributed by atoms with Gasteiger partial charge in [0, 0.05) is 12.6 Å². The molecule has 106 valence electrons. The van der Waals surface area contributed by atoms with Crippen LogP contribution in [0.4, 0.5) is 0 Å². The van der Waals surface area contributed by atoms with Gasteiger partial charge in [-0.1, -0.05) is 51.1 Å². The van der Waals surface area contributed by atoms with E-state index in [9.17, 15) is 4.79 Å². The summed E-state index contributed by atoms with van der Waals surface area (Å²) >= 11 is 0. The first kappa shape index (κ1) is 15.7. The van der Waals surface area contributed by atoms with Gasteiger partial charge in [0.1, 0.15) is 0 Å². The third-order valence-electron chi connectivity index (χ3n) is 3.20. The SMILES string of the molecule is CCCNC(=O)C(C)NC(c1ccccc1)C(C)C. The molecule has 0 saturated carbocycles. The highest BCUT2D eigenvalue weighted by Crippen LogP contribution is 2.21. The molecule has 0 spiro atoms. The van der Waals surface area contributed by atoms with Crippen LogP contribution in [0.5, 0.6) is 0 Å². The maximum atomic E-state index is 11.9. The minimum Gasteiger partial charge on any atom is -0.355 e. The third-order valence-corrected chi connectivity index (χ3v) is 3.20. The van der Waals surface area contributed by atoms with Crippen molar-refractivity contribution in [2.45, 2.75) is 46.2 Å². The van der Waals surface area contributed by atoms with Crippen LogP contribution in [0.25, 0.3) is 0 Å². The Hall–Kier alpha value is -1.35. The fraction of sp³-hybridized carbons (Fsp3) is 0.562. The van der Waals surface area contributed by atoms with Crippen molar-refractivity contribution in [3.8, 4) is 0 Å². The van der Waals surface area contributed by atoms with E-state index in [1.807, 2.05) is 25.1 Å². The van der Waals surface area contributed by atoms with E-state index in [2.05, 4.69) is 43.5 Å². The summed E-state index contributed by atoms with van der Waals surface area (Å²) in [6.07, 6.45) is 0.963. The van der Waals surface area contributed by atoms with Crippen LogP contribution in [0.15, 0.2) is 30.3 Å². The van der Waals surface area contributed by atoms with Crippen LogP contribution in [0, 0.1) is 5.92 Å². The van der Waals surface area contributed by atoms with Crippen LogP contribution >= 0.6 is 0 Å². The van der Waals surface area contributed by atoms with Gasteiger partial charge in [0.15, 0.2) is 0 Å². The smallest absolute Gasteiger partial charge is 0.236 e. The predicted molar refractivity (Wildman–Crippen MR) is 79.9 cm³/mol.